The maximum Gasteiger partial charge on any atom is 0.262 e. The van der Waals surface area contributed by atoms with Crippen LogP contribution in [0.25, 0.3) is 6.08 Å². The zero-order valence-electron chi connectivity index (χ0n) is 14.6. The fourth-order valence-corrected chi connectivity index (χ4v) is 3.49. The van der Waals surface area contributed by atoms with Gasteiger partial charge in [0.1, 0.15) is 11.6 Å². The number of carbonyl (C=O) groups excluding carboxylic acids is 1. The van der Waals surface area contributed by atoms with E-state index in [9.17, 15) is 10.1 Å². The molecule has 1 aliphatic rings. The first kappa shape index (κ1) is 17.3. The van der Waals surface area contributed by atoms with Crippen LogP contribution in [0.1, 0.15) is 68.9 Å². The van der Waals surface area contributed by atoms with Gasteiger partial charge in [0.2, 0.25) is 0 Å². The lowest BCUT2D eigenvalue weighted by Crippen LogP contribution is -2.30. The molecule has 1 amide bonds. The molecule has 23 heavy (non-hydrogen) atoms. The third-order valence-corrected chi connectivity index (χ3v) is 4.55. The van der Waals surface area contributed by atoms with Crippen molar-refractivity contribution in [1.82, 2.24) is 9.88 Å². The molecular weight excluding hydrogens is 286 g/mol. The molecular formula is C19H27N3O. The summed E-state index contributed by atoms with van der Waals surface area (Å²) in [6.07, 6.45) is 8.06. The number of nitriles is 1. The second-order valence-corrected chi connectivity index (χ2v) is 6.79. The second kappa shape index (κ2) is 7.50. The van der Waals surface area contributed by atoms with Crippen LogP contribution < -0.4 is 5.32 Å². The maximum absolute atomic E-state index is 12.1. The Kier molecular flexibility index (Phi) is 5.65. The van der Waals surface area contributed by atoms with Gasteiger partial charge in [0.25, 0.3) is 5.91 Å². The van der Waals surface area contributed by atoms with Crippen LogP contribution in [0, 0.1) is 25.2 Å². The molecule has 0 radical (unpaired) electrons. The molecule has 1 aromatic rings. The SMILES string of the molecule is Cc1cc(/C=C(/C#N)C(=O)NC(C)C)c(C)n1C1CCCCC1. The van der Waals surface area contributed by atoms with E-state index in [2.05, 4.69) is 29.8 Å². The number of hydrogen-bond donors (Lipinski definition) is 1. The number of rotatable bonds is 4. The topological polar surface area (TPSA) is 57.8 Å². The molecule has 2 rings (SSSR count). The number of carbonyl (C=O) groups is 1. The molecule has 1 aromatic heterocycles. The normalized spacial score (nSPS) is 16.4. The Balaban J connectivity index is 2.31. The quantitative estimate of drug-likeness (QED) is 0.673. The van der Waals surface area contributed by atoms with Gasteiger partial charge in [0, 0.05) is 23.5 Å². The Hall–Kier alpha value is -2.02. The fraction of sp³-hybridized carbons (Fsp3) is 0.579. The van der Waals surface area contributed by atoms with Gasteiger partial charge in [-0.2, -0.15) is 5.26 Å². The summed E-state index contributed by atoms with van der Waals surface area (Å²) in [7, 11) is 0. The van der Waals surface area contributed by atoms with Crippen molar-refractivity contribution >= 4 is 12.0 Å². The lowest BCUT2D eigenvalue weighted by molar-refractivity contribution is -0.117. The fourth-order valence-electron chi connectivity index (χ4n) is 3.49. The Labute approximate surface area is 139 Å². The molecule has 124 valence electrons. The molecule has 0 aliphatic heterocycles. The first-order valence-electron chi connectivity index (χ1n) is 8.55. The Bertz CT molecular complexity index is 640. The van der Waals surface area contributed by atoms with Crippen LogP contribution in [0.2, 0.25) is 0 Å². The first-order chi connectivity index (χ1) is 10.9. The molecule has 4 nitrogen and oxygen atoms in total. The summed E-state index contributed by atoms with van der Waals surface area (Å²) < 4.78 is 2.39. The molecule has 1 fully saturated rings. The first-order valence-corrected chi connectivity index (χ1v) is 8.55. The van der Waals surface area contributed by atoms with Gasteiger partial charge in [-0.3, -0.25) is 4.79 Å². The van der Waals surface area contributed by atoms with Gasteiger partial charge in [-0.1, -0.05) is 19.3 Å². The van der Waals surface area contributed by atoms with Crippen molar-refractivity contribution in [2.24, 2.45) is 0 Å². The van der Waals surface area contributed by atoms with Gasteiger partial charge >= 0.3 is 0 Å². The van der Waals surface area contributed by atoms with Crippen LogP contribution in [0.15, 0.2) is 11.6 Å². The van der Waals surface area contributed by atoms with Crippen molar-refractivity contribution in [2.75, 3.05) is 0 Å². The van der Waals surface area contributed by atoms with Gasteiger partial charge in [-0.05, 0) is 58.2 Å². The van der Waals surface area contributed by atoms with E-state index in [1.807, 2.05) is 19.9 Å². The van der Waals surface area contributed by atoms with Gasteiger partial charge in [0.15, 0.2) is 0 Å². The van der Waals surface area contributed by atoms with Crippen molar-refractivity contribution < 1.29 is 4.79 Å². The van der Waals surface area contributed by atoms with Crippen molar-refractivity contribution in [2.45, 2.75) is 71.9 Å². The standard InChI is InChI=1S/C19H27N3O/c1-13(2)21-19(23)17(12-20)11-16-10-14(3)22(15(16)4)18-8-6-5-7-9-18/h10-11,13,18H,5-9H2,1-4H3,(H,21,23)/b17-11-. The Morgan fingerprint density at radius 3 is 2.57 bits per heavy atom. The van der Waals surface area contributed by atoms with Gasteiger partial charge in [-0.15, -0.1) is 0 Å². The van der Waals surface area contributed by atoms with Crippen LogP contribution in [-0.2, 0) is 4.79 Å². The van der Waals surface area contributed by atoms with E-state index in [0.717, 1.165) is 11.3 Å². The van der Waals surface area contributed by atoms with E-state index >= 15 is 0 Å². The second-order valence-electron chi connectivity index (χ2n) is 6.79. The monoisotopic (exact) mass is 313 g/mol. The summed E-state index contributed by atoms with van der Waals surface area (Å²) in [6.45, 7) is 7.98. The van der Waals surface area contributed by atoms with Crippen LogP contribution in [0.4, 0.5) is 0 Å². The van der Waals surface area contributed by atoms with Crippen LogP contribution in [0.3, 0.4) is 0 Å². The Morgan fingerprint density at radius 1 is 1.35 bits per heavy atom. The van der Waals surface area contributed by atoms with E-state index in [4.69, 9.17) is 0 Å². The summed E-state index contributed by atoms with van der Waals surface area (Å²) in [6, 6.07) is 4.70. The number of aryl methyl sites for hydroxylation is 1. The van der Waals surface area contributed by atoms with Crippen LogP contribution >= 0.6 is 0 Å². The highest BCUT2D eigenvalue weighted by Gasteiger charge is 2.20. The zero-order chi connectivity index (χ0) is 17.0. The van der Waals surface area contributed by atoms with E-state index < -0.39 is 0 Å². The molecule has 0 unspecified atom stereocenters. The smallest absolute Gasteiger partial charge is 0.262 e. The molecule has 1 N–H and O–H groups in total. The van der Waals surface area contributed by atoms with Crippen LogP contribution in [0.5, 0.6) is 0 Å². The number of nitrogens with zero attached hydrogens (tertiary/aromatic N) is 2. The van der Waals surface area contributed by atoms with Crippen molar-refractivity contribution in [3.05, 3.63) is 28.6 Å². The van der Waals surface area contributed by atoms with Crippen LogP contribution in [-0.4, -0.2) is 16.5 Å². The lowest BCUT2D eigenvalue weighted by atomic mass is 9.95. The minimum Gasteiger partial charge on any atom is -0.349 e. The summed E-state index contributed by atoms with van der Waals surface area (Å²) >= 11 is 0. The molecule has 1 aliphatic carbocycles. The van der Waals surface area contributed by atoms with Crippen molar-refractivity contribution in [1.29, 1.82) is 5.26 Å². The third-order valence-electron chi connectivity index (χ3n) is 4.55. The van der Waals surface area contributed by atoms with Crippen molar-refractivity contribution in [3.8, 4) is 6.07 Å². The highest BCUT2D eigenvalue weighted by Crippen LogP contribution is 2.32. The predicted molar refractivity (Wildman–Crippen MR) is 92.9 cm³/mol. The minimum absolute atomic E-state index is 0.0221. The highest BCUT2D eigenvalue weighted by atomic mass is 16.1. The van der Waals surface area contributed by atoms with E-state index in [1.165, 1.54) is 37.8 Å². The zero-order valence-corrected chi connectivity index (χ0v) is 14.6. The summed E-state index contributed by atoms with van der Waals surface area (Å²) in [4.78, 5) is 12.1. The molecule has 0 spiro atoms. The number of hydrogen-bond acceptors (Lipinski definition) is 2. The average molecular weight is 313 g/mol. The number of nitrogens with one attached hydrogen (secondary N) is 1. The highest BCUT2D eigenvalue weighted by molar-refractivity contribution is 6.01. The lowest BCUT2D eigenvalue weighted by Gasteiger charge is -2.26. The largest absolute Gasteiger partial charge is 0.349 e. The minimum atomic E-state index is -0.301. The third kappa shape index (κ3) is 4.04. The molecule has 0 atom stereocenters. The van der Waals surface area contributed by atoms with E-state index in [0.29, 0.717) is 6.04 Å². The van der Waals surface area contributed by atoms with Gasteiger partial charge < -0.3 is 9.88 Å². The van der Waals surface area contributed by atoms with E-state index in [1.54, 1.807) is 6.08 Å². The molecule has 0 saturated heterocycles. The van der Waals surface area contributed by atoms with Crippen molar-refractivity contribution in [3.63, 3.8) is 0 Å². The molecule has 0 aromatic carbocycles. The molecule has 1 heterocycles. The predicted octanol–water partition coefficient (Wildman–Crippen LogP) is 4.04. The molecule has 0 bridgehead atoms. The average Bonchev–Trinajstić information content (AvgIpc) is 2.79. The number of amides is 1. The summed E-state index contributed by atoms with van der Waals surface area (Å²) in [5.74, 6) is -0.301. The molecule has 4 heteroatoms. The van der Waals surface area contributed by atoms with Gasteiger partial charge in [-0.25, -0.2) is 0 Å². The Morgan fingerprint density at radius 2 is 2.00 bits per heavy atom. The molecule has 1 saturated carbocycles. The summed E-state index contributed by atoms with van der Waals surface area (Å²) in [5, 5.41) is 12.1. The number of aromatic nitrogens is 1. The maximum atomic E-state index is 12.1. The summed E-state index contributed by atoms with van der Waals surface area (Å²) in [5.41, 5.74) is 3.51. The van der Waals surface area contributed by atoms with E-state index in [-0.39, 0.29) is 17.5 Å². The van der Waals surface area contributed by atoms with Gasteiger partial charge in [0.05, 0.1) is 0 Å².